The van der Waals surface area contributed by atoms with E-state index in [2.05, 4.69) is 0 Å². The number of hydrogen-bond donors (Lipinski definition) is 2. The lowest BCUT2D eigenvalue weighted by Gasteiger charge is -2.39. The zero-order chi connectivity index (χ0) is 25.1. The van der Waals surface area contributed by atoms with Crippen LogP contribution in [0, 0.1) is 0 Å². The number of carbonyl (C=O) groups excluding carboxylic acids is 1. The van der Waals surface area contributed by atoms with Crippen LogP contribution in [0.3, 0.4) is 0 Å². The predicted molar refractivity (Wildman–Crippen MR) is 132 cm³/mol. The Kier molecular flexibility index (Phi) is 7.02. The number of nitrogens with zero attached hydrogens (tertiary/aromatic N) is 1. The fourth-order valence-electron chi connectivity index (χ4n) is 4.81. The topological polar surface area (TPSA) is 96.3 Å². The van der Waals surface area contributed by atoms with Crippen LogP contribution in [0.5, 0.6) is 5.75 Å². The van der Waals surface area contributed by atoms with Gasteiger partial charge in [0.25, 0.3) is 5.91 Å². The quantitative estimate of drug-likeness (QED) is 0.501. The molecule has 1 amide bonds. The maximum absolute atomic E-state index is 13.8. The van der Waals surface area contributed by atoms with E-state index in [-0.39, 0.29) is 19.1 Å². The van der Waals surface area contributed by atoms with Crippen molar-refractivity contribution in [3.8, 4) is 5.75 Å². The van der Waals surface area contributed by atoms with Gasteiger partial charge in [-0.2, -0.15) is 0 Å². The molecule has 3 aromatic rings. The van der Waals surface area contributed by atoms with Crippen molar-refractivity contribution >= 4 is 11.9 Å². The Hall–Kier alpha value is -3.68. The van der Waals surface area contributed by atoms with E-state index >= 15 is 0 Å². The molecule has 0 radical (unpaired) electrons. The molecule has 7 heteroatoms. The fraction of sp³-hybridized carbons (Fsp3) is 0.310. The number of aliphatic carboxylic acids is 1. The van der Waals surface area contributed by atoms with E-state index in [1.807, 2.05) is 66.7 Å². The SMILES string of the molecule is O=C(O)[C@H]1Cc2c(cccc2OCc2ccccc2)CN1C(=O)[C@H](O[C@H]1C[C@@H](O)C1)c1ccccc1. The van der Waals surface area contributed by atoms with E-state index in [9.17, 15) is 19.8 Å². The summed E-state index contributed by atoms with van der Waals surface area (Å²) in [6.07, 6.45) is -0.541. The van der Waals surface area contributed by atoms with Gasteiger partial charge >= 0.3 is 5.97 Å². The molecule has 1 saturated carbocycles. The first-order valence-corrected chi connectivity index (χ1v) is 12.2. The Morgan fingerprint density at radius 3 is 2.31 bits per heavy atom. The normalized spacial score (nSPS) is 21.7. The van der Waals surface area contributed by atoms with E-state index in [0.29, 0.717) is 30.8 Å². The second-order valence-corrected chi connectivity index (χ2v) is 9.37. The van der Waals surface area contributed by atoms with Gasteiger partial charge in [-0.1, -0.05) is 72.8 Å². The molecule has 0 aromatic heterocycles. The van der Waals surface area contributed by atoms with E-state index in [4.69, 9.17) is 9.47 Å². The number of rotatable bonds is 8. The van der Waals surface area contributed by atoms with Crippen molar-refractivity contribution in [2.45, 2.75) is 56.8 Å². The molecule has 3 aromatic carbocycles. The Labute approximate surface area is 209 Å². The van der Waals surface area contributed by atoms with Crippen LogP contribution in [0.2, 0.25) is 0 Å². The molecule has 1 aliphatic heterocycles. The average Bonchev–Trinajstić information content (AvgIpc) is 2.89. The Morgan fingerprint density at radius 2 is 1.64 bits per heavy atom. The summed E-state index contributed by atoms with van der Waals surface area (Å²) in [5, 5.41) is 19.8. The molecule has 0 bridgehead atoms. The molecule has 186 valence electrons. The molecule has 2 aliphatic rings. The lowest BCUT2D eigenvalue weighted by atomic mass is 9.90. The molecule has 36 heavy (non-hydrogen) atoms. The minimum absolute atomic E-state index is 0.144. The first kappa shape index (κ1) is 24.0. The second-order valence-electron chi connectivity index (χ2n) is 9.37. The lowest BCUT2D eigenvalue weighted by Crippen LogP contribution is -2.51. The van der Waals surface area contributed by atoms with Crippen molar-refractivity contribution in [1.29, 1.82) is 0 Å². The number of aliphatic hydroxyl groups excluding tert-OH is 1. The Balaban J connectivity index is 1.40. The summed E-state index contributed by atoms with van der Waals surface area (Å²) in [7, 11) is 0. The summed E-state index contributed by atoms with van der Waals surface area (Å²) in [6.45, 7) is 0.516. The van der Waals surface area contributed by atoms with Gasteiger partial charge < -0.3 is 24.6 Å². The highest BCUT2D eigenvalue weighted by Crippen LogP contribution is 2.36. The molecule has 1 heterocycles. The third kappa shape index (κ3) is 5.12. The summed E-state index contributed by atoms with van der Waals surface area (Å²) >= 11 is 0. The first-order chi connectivity index (χ1) is 17.5. The maximum atomic E-state index is 13.8. The standard InChI is InChI=1S/C29H29NO6/c31-22-14-23(15-22)36-27(20-10-5-2-6-11-20)28(32)30-17-21-12-7-13-26(24(21)16-25(30)29(33)34)35-18-19-8-3-1-4-9-19/h1-13,22-23,25,27,31H,14-18H2,(H,33,34)/t22-,23+,25-,27-/m1/s1. The Bertz CT molecular complexity index is 1210. The van der Waals surface area contributed by atoms with Crippen molar-refractivity contribution in [2.24, 2.45) is 0 Å². The van der Waals surface area contributed by atoms with Crippen molar-refractivity contribution in [3.05, 3.63) is 101 Å². The van der Waals surface area contributed by atoms with E-state index < -0.39 is 30.1 Å². The maximum Gasteiger partial charge on any atom is 0.326 e. The van der Waals surface area contributed by atoms with Gasteiger partial charge in [-0.25, -0.2) is 4.79 Å². The second kappa shape index (κ2) is 10.5. The van der Waals surface area contributed by atoms with Crippen LogP contribution in [0.4, 0.5) is 0 Å². The molecule has 1 fully saturated rings. The van der Waals surface area contributed by atoms with Crippen molar-refractivity contribution in [3.63, 3.8) is 0 Å². The van der Waals surface area contributed by atoms with Crippen LogP contribution in [0.25, 0.3) is 0 Å². The summed E-state index contributed by atoms with van der Waals surface area (Å²) in [4.78, 5) is 27.6. The van der Waals surface area contributed by atoms with E-state index in [0.717, 1.165) is 16.7 Å². The third-order valence-electron chi connectivity index (χ3n) is 6.87. The van der Waals surface area contributed by atoms with Gasteiger partial charge in [-0.3, -0.25) is 4.79 Å². The third-order valence-corrected chi connectivity index (χ3v) is 6.87. The van der Waals surface area contributed by atoms with Gasteiger partial charge in [-0.15, -0.1) is 0 Å². The Morgan fingerprint density at radius 1 is 0.944 bits per heavy atom. The molecule has 0 unspecified atom stereocenters. The first-order valence-electron chi connectivity index (χ1n) is 12.2. The number of aliphatic hydroxyl groups is 1. The van der Waals surface area contributed by atoms with Gasteiger partial charge in [0.05, 0.1) is 12.2 Å². The zero-order valence-corrected chi connectivity index (χ0v) is 19.8. The van der Waals surface area contributed by atoms with Gasteiger partial charge in [0, 0.05) is 18.5 Å². The molecule has 5 rings (SSSR count). The minimum atomic E-state index is -1.07. The molecular weight excluding hydrogens is 458 g/mol. The molecule has 2 atom stereocenters. The molecule has 7 nitrogen and oxygen atoms in total. The monoisotopic (exact) mass is 487 g/mol. The summed E-state index contributed by atoms with van der Waals surface area (Å²) in [5.41, 5.74) is 3.35. The van der Waals surface area contributed by atoms with Crippen LogP contribution >= 0.6 is 0 Å². The number of amides is 1. The van der Waals surface area contributed by atoms with Crippen LogP contribution in [-0.4, -0.2) is 45.2 Å². The van der Waals surface area contributed by atoms with Gasteiger partial charge in [0.2, 0.25) is 0 Å². The molecule has 0 spiro atoms. The number of carbonyl (C=O) groups is 2. The van der Waals surface area contributed by atoms with Crippen LogP contribution in [0.15, 0.2) is 78.9 Å². The average molecular weight is 488 g/mol. The van der Waals surface area contributed by atoms with Crippen molar-refractivity contribution < 1.29 is 29.3 Å². The fourth-order valence-corrected chi connectivity index (χ4v) is 4.81. The molecule has 2 N–H and O–H groups in total. The zero-order valence-electron chi connectivity index (χ0n) is 19.8. The number of fused-ring (bicyclic) bond motifs is 1. The van der Waals surface area contributed by atoms with Crippen molar-refractivity contribution in [2.75, 3.05) is 0 Å². The van der Waals surface area contributed by atoms with Gasteiger partial charge in [0.15, 0.2) is 6.10 Å². The van der Waals surface area contributed by atoms with Crippen LogP contribution in [-0.2, 0) is 33.9 Å². The highest BCUT2D eigenvalue weighted by Gasteiger charge is 2.41. The van der Waals surface area contributed by atoms with Crippen molar-refractivity contribution in [1.82, 2.24) is 4.90 Å². The number of hydrogen-bond acceptors (Lipinski definition) is 5. The van der Waals surface area contributed by atoms with E-state index in [1.54, 1.807) is 12.1 Å². The smallest absolute Gasteiger partial charge is 0.326 e. The number of carboxylic acid groups (broad SMARTS) is 1. The molecular formula is C29H29NO6. The van der Waals surface area contributed by atoms with E-state index in [1.165, 1.54) is 4.90 Å². The minimum Gasteiger partial charge on any atom is -0.489 e. The summed E-state index contributed by atoms with van der Waals surface area (Å²) < 4.78 is 12.2. The van der Waals surface area contributed by atoms with Gasteiger partial charge in [-0.05, 0) is 35.6 Å². The van der Waals surface area contributed by atoms with Crippen LogP contribution in [0.1, 0.15) is 41.2 Å². The highest BCUT2D eigenvalue weighted by molar-refractivity contribution is 5.88. The number of benzene rings is 3. The van der Waals surface area contributed by atoms with Crippen LogP contribution < -0.4 is 4.74 Å². The molecule has 1 aliphatic carbocycles. The van der Waals surface area contributed by atoms with Gasteiger partial charge in [0.1, 0.15) is 18.4 Å². The number of carboxylic acids is 1. The highest BCUT2D eigenvalue weighted by atomic mass is 16.5. The summed E-state index contributed by atoms with van der Waals surface area (Å²) in [6, 6.07) is 23.5. The largest absolute Gasteiger partial charge is 0.489 e. The molecule has 0 saturated heterocycles. The predicted octanol–water partition coefficient (Wildman–Crippen LogP) is 3.88. The lowest BCUT2D eigenvalue weighted by molar-refractivity contribution is -0.167. The summed E-state index contributed by atoms with van der Waals surface area (Å²) in [5.74, 6) is -0.831. The number of ether oxygens (including phenoxy) is 2.